The number of rotatable bonds is 16. The smallest absolute Gasteiger partial charge is 0.261 e. The van der Waals surface area contributed by atoms with Crippen molar-refractivity contribution in [2.24, 2.45) is 0 Å². The van der Waals surface area contributed by atoms with Crippen LogP contribution in [-0.4, -0.2) is 52.5 Å². The van der Waals surface area contributed by atoms with Gasteiger partial charge in [-0.05, 0) is 78.9 Å². The van der Waals surface area contributed by atoms with Gasteiger partial charge in [-0.1, -0.05) is 47.1 Å². The number of fused-ring (bicyclic) bond motifs is 1. The maximum absolute atomic E-state index is 12.6. The molecule has 0 radical (unpaired) electrons. The van der Waals surface area contributed by atoms with Gasteiger partial charge in [0.2, 0.25) is 5.91 Å². The average molecular weight is 539 g/mol. The van der Waals surface area contributed by atoms with E-state index in [1.807, 2.05) is 0 Å². The second-order valence-electron chi connectivity index (χ2n) is 10.2. The summed E-state index contributed by atoms with van der Waals surface area (Å²) in [5.74, 6) is 0.372. The lowest BCUT2D eigenvalue weighted by atomic mass is 10.1. The van der Waals surface area contributed by atoms with Crippen molar-refractivity contribution in [1.82, 2.24) is 10.2 Å². The van der Waals surface area contributed by atoms with Crippen molar-refractivity contribution in [3.8, 4) is 0 Å². The highest BCUT2D eigenvalue weighted by Crippen LogP contribution is 2.25. The van der Waals surface area contributed by atoms with Crippen molar-refractivity contribution in [3.63, 3.8) is 0 Å². The van der Waals surface area contributed by atoms with E-state index in [2.05, 4.69) is 51.2 Å². The lowest BCUT2D eigenvalue weighted by molar-refractivity contribution is -0.124. The van der Waals surface area contributed by atoms with Crippen molar-refractivity contribution < 1.29 is 19.2 Å². The lowest BCUT2D eigenvalue weighted by Gasteiger charge is -2.22. The van der Waals surface area contributed by atoms with Gasteiger partial charge in [-0.3, -0.25) is 19.3 Å². The molecule has 0 bridgehead atoms. The maximum atomic E-state index is 12.6. The van der Waals surface area contributed by atoms with Gasteiger partial charge in [0.1, 0.15) is 6.29 Å². The fourth-order valence-corrected chi connectivity index (χ4v) is 5.16. The molecule has 2 unspecified atom stereocenters. The molecule has 0 fully saturated rings. The zero-order valence-electron chi connectivity index (χ0n) is 23.4. The Labute approximate surface area is 232 Å². The SMILES string of the molecule is CC(C)=CCC/C(C)=C/CC/C(C)=C/CSCC(C=O)NC(=O)CCC(C)N1C(=O)c2ccccc2C1=O. The Morgan fingerprint density at radius 2 is 1.50 bits per heavy atom. The van der Waals surface area contributed by atoms with E-state index in [0.29, 0.717) is 23.3 Å². The van der Waals surface area contributed by atoms with Crippen molar-refractivity contribution in [1.29, 1.82) is 0 Å². The summed E-state index contributed by atoms with van der Waals surface area (Å²) in [5, 5.41) is 2.76. The Hall–Kier alpha value is -2.93. The molecule has 3 amide bonds. The van der Waals surface area contributed by atoms with Crippen molar-refractivity contribution in [3.05, 3.63) is 70.3 Å². The van der Waals surface area contributed by atoms with Crippen LogP contribution in [0.25, 0.3) is 0 Å². The first-order valence-corrected chi connectivity index (χ1v) is 14.5. The molecule has 1 aromatic carbocycles. The molecule has 1 aliphatic rings. The second-order valence-corrected chi connectivity index (χ2v) is 11.3. The summed E-state index contributed by atoms with van der Waals surface area (Å²) in [7, 11) is 0. The first-order chi connectivity index (χ1) is 18.1. The van der Waals surface area contributed by atoms with E-state index in [4.69, 9.17) is 0 Å². The zero-order valence-corrected chi connectivity index (χ0v) is 24.2. The number of hydrogen-bond donors (Lipinski definition) is 1. The number of aldehydes is 1. The molecule has 1 N–H and O–H groups in total. The predicted octanol–water partition coefficient (Wildman–Crippen LogP) is 6.29. The van der Waals surface area contributed by atoms with Crippen LogP contribution in [0.2, 0.25) is 0 Å². The van der Waals surface area contributed by atoms with Gasteiger partial charge in [0, 0.05) is 24.0 Å². The van der Waals surface area contributed by atoms with Crippen LogP contribution in [0, 0.1) is 0 Å². The summed E-state index contributed by atoms with van der Waals surface area (Å²) in [5.41, 5.74) is 4.90. The summed E-state index contributed by atoms with van der Waals surface area (Å²) < 4.78 is 0. The maximum Gasteiger partial charge on any atom is 0.261 e. The third-order valence-corrected chi connectivity index (χ3v) is 7.53. The van der Waals surface area contributed by atoms with Gasteiger partial charge < -0.3 is 10.1 Å². The minimum Gasteiger partial charge on any atom is -0.346 e. The monoisotopic (exact) mass is 538 g/mol. The number of benzene rings is 1. The molecule has 7 heteroatoms. The van der Waals surface area contributed by atoms with E-state index in [1.54, 1.807) is 43.0 Å². The van der Waals surface area contributed by atoms with Gasteiger partial charge in [0.05, 0.1) is 17.2 Å². The van der Waals surface area contributed by atoms with Crippen LogP contribution >= 0.6 is 11.8 Å². The van der Waals surface area contributed by atoms with Crippen molar-refractivity contribution in [2.45, 2.75) is 85.2 Å². The van der Waals surface area contributed by atoms with Crippen LogP contribution in [0.15, 0.2) is 59.2 Å². The van der Waals surface area contributed by atoms with Gasteiger partial charge in [-0.25, -0.2) is 0 Å². The molecule has 38 heavy (non-hydrogen) atoms. The van der Waals surface area contributed by atoms with Gasteiger partial charge >= 0.3 is 0 Å². The Kier molecular flexibility index (Phi) is 13.3. The minimum atomic E-state index is -0.567. The van der Waals surface area contributed by atoms with Crippen LogP contribution in [0.3, 0.4) is 0 Å². The number of hydrogen-bond acceptors (Lipinski definition) is 5. The van der Waals surface area contributed by atoms with Crippen LogP contribution in [0.5, 0.6) is 0 Å². The molecule has 1 heterocycles. The molecule has 0 aromatic heterocycles. The quantitative estimate of drug-likeness (QED) is 0.116. The minimum absolute atomic E-state index is 0.129. The predicted molar refractivity (Wildman–Crippen MR) is 156 cm³/mol. The number of carbonyl (C=O) groups is 4. The average Bonchev–Trinajstić information content (AvgIpc) is 3.14. The largest absolute Gasteiger partial charge is 0.346 e. The number of amides is 3. The van der Waals surface area contributed by atoms with Crippen LogP contribution < -0.4 is 5.32 Å². The number of imide groups is 1. The van der Waals surface area contributed by atoms with E-state index >= 15 is 0 Å². The molecule has 1 aromatic rings. The number of thioether (sulfide) groups is 1. The van der Waals surface area contributed by atoms with Gasteiger partial charge in [-0.2, -0.15) is 11.8 Å². The van der Waals surface area contributed by atoms with Gasteiger partial charge in [-0.15, -0.1) is 0 Å². The normalized spacial score (nSPS) is 15.2. The fourth-order valence-electron chi connectivity index (χ4n) is 4.21. The van der Waals surface area contributed by atoms with Crippen LogP contribution in [0.1, 0.15) is 93.9 Å². The number of carbonyl (C=O) groups excluding carboxylic acids is 4. The van der Waals surface area contributed by atoms with Crippen molar-refractivity contribution in [2.75, 3.05) is 11.5 Å². The number of allylic oxidation sites excluding steroid dienone is 5. The Morgan fingerprint density at radius 1 is 0.921 bits per heavy atom. The van der Waals surface area contributed by atoms with Gasteiger partial charge in [0.25, 0.3) is 11.8 Å². The molecular formula is C31H42N2O4S. The Balaban J connectivity index is 1.68. The molecule has 0 saturated carbocycles. The third-order valence-electron chi connectivity index (χ3n) is 6.54. The van der Waals surface area contributed by atoms with Crippen molar-refractivity contribution >= 4 is 35.8 Å². The summed E-state index contributed by atoms with van der Waals surface area (Å²) in [6.45, 7) is 10.3. The molecule has 206 valence electrons. The van der Waals surface area contributed by atoms with E-state index < -0.39 is 12.1 Å². The summed E-state index contributed by atoms with van der Waals surface area (Å²) in [4.78, 5) is 50.4. The van der Waals surface area contributed by atoms with Crippen LogP contribution in [0.4, 0.5) is 0 Å². The summed E-state index contributed by atoms with van der Waals surface area (Å²) in [6, 6.07) is 5.76. The van der Waals surface area contributed by atoms with E-state index in [9.17, 15) is 19.2 Å². The molecule has 1 aliphatic heterocycles. The Bertz CT molecular complexity index is 1050. The second kappa shape index (κ2) is 16.1. The Morgan fingerprint density at radius 3 is 2.08 bits per heavy atom. The van der Waals surface area contributed by atoms with E-state index in [-0.39, 0.29) is 24.1 Å². The van der Waals surface area contributed by atoms with Crippen LogP contribution in [-0.2, 0) is 9.59 Å². The first kappa shape index (κ1) is 31.3. The highest BCUT2D eigenvalue weighted by Gasteiger charge is 2.38. The molecular weight excluding hydrogens is 496 g/mol. The summed E-state index contributed by atoms with van der Waals surface area (Å²) in [6.07, 6.45) is 12.2. The topological polar surface area (TPSA) is 83.6 Å². The lowest BCUT2D eigenvalue weighted by Crippen LogP contribution is -2.41. The van der Waals surface area contributed by atoms with E-state index in [0.717, 1.165) is 37.7 Å². The molecule has 2 rings (SSSR count). The molecule has 6 nitrogen and oxygen atoms in total. The highest BCUT2D eigenvalue weighted by atomic mass is 32.2. The summed E-state index contributed by atoms with van der Waals surface area (Å²) >= 11 is 1.61. The number of nitrogens with one attached hydrogen (secondary N) is 1. The molecule has 0 spiro atoms. The zero-order chi connectivity index (χ0) is 28.1. The number of nitrogens with zero attached hydrogens (tertiary/aromatic N) is 1. The molecule has 0 aliphatic carbocycles. The van der Waals surface area contributed by atoms with E-state index in [1.165, 1.54) is 21.6 Å². The third kappa shape index (κ3) is 10.1. The first-order valence-electron chi connectivity index (χ1n) is 13.4. The standard InChI is InChI=1S/C31H42N2O4S/c1-22(2)10-8-11-23(3)12-9-13-24(4)18-19-38-21-26(20-34)32-29(35)17-16-25(5)33-30(36)27-14-6-7-15-28(27)31(33)37/h6-7,10,12,14-15,18,20,25-26H,8-9,11,13,16-17,19,21H2,1-5H3,(H,32,35)/b23-12+,24-18+. The highest BCUT2D eigenvalue weighted by molar-refractivity contribution is 7.99. The molecule has 0 saturated heterocycles. The fraction of sp³-hybridized carbons (Fsp3) is 0.484. The van der Waals surface area contributed by atoms with Gasteiger partial charge in [0.15, 0.2) is 0 Å². The molecule has 2 atom stereocenters.